The second kappa shape index (κ2) is 4.82. The fraction of sp³-hybridized carbons (Fsp3) is 0.417. The summed E-state index contributed by atoms with van der Waals surface area (Å²) in [6.45, 7) is 4.29. The molecule has 15 heavy (non-hydrogen) atoms. The SMILES string of the molecule is CC(C)C(=O)N(C)Cc1cccc(O)c1. The largest absolute Gasteiger partial charge is 0.508 e. The van der Waals surface area contributed by atoms with Crippen LogP contribution in [0, 0.1) is 5.92 Å². The van der Waals surface area contributed by atoms with Gasteiger partial charge in [-0.15, -0.1) is 0 Å². The summed E-state index contributed by atoms with van der Waals surface area (Å²) in [7, 11) is 1.77. The van der Waals surface area contributed by atoms with Crippen LogP contribution in [0.25, 0.3) is 0 Å². The van der Waals surface area contributed by atoms with E-state index in [0.29, 0.717) is 6.54 Å². The van der Waals surface area contributed by atoms with Crippen LogP contribution in [-0.4, -0.2) is 23.0 Å². The van der Waals surface area contributed by atoms with Gasteiger partial charge in [-0.1, -0.05) is 26.0 Å². The van der Waals surface area contributed by atoms with Crippen molar-refractivity contribution >= 4 is 5.91 Å². The Morgan fingerprint density at radius 2 is 2.13 bits per heavy atom. The fourth-order valence-corrected chi connectivity index (χ4v) is 1.45. The average Bonchev–Trinajstić information content (AvgIpc) is 2.16. The monoisotopic (exact) mass is 207 g/mol. The number of hydrogen-bond donors (Lipinski definition) is 1. The molecule has 1 rings (SSSR count). The van der Waals surface area contributed by atoms with Crippen LogP contribution in [0.3, 0.4) is 0 Å². The van der Waals surface area contributed by atoms with Crippen molar-refractivity contribution in [3.05, 3.63) is 29.8 Å². The molecule has 0 fully saturated rings. The molecule has 0 spiro atoms. The third-order valence-corrected chi connectivity index (χ3v) is 2.20. The lowest BCUT2D eigenvalue weighted by Crippen LogP contribution is -2.29. The van der Waals surface area contributed by atoms with E-state index in [1.807, 2.05) is 19.9 Å². The van der Waals surface area contributed by atoms with Crippen LogP contribution in [0.15, 0.2) is 24.3 Å². The summed E-state index contributed by atoms with van der Waals surface area (Å²) in [4.78, 5) is 13.3. The van der Waals surface area contributed by atoms with E-state index in [1.165, 1.54) is 0 Å². The van der Waals surface area contributed by atoms with Gasteiger partial charge in [0.05, 0.1) is 0 Å². The van der Waals surface area contributed by atoms with Crippen molar-refractivity contribution in [3.8, 4) is 5.75 Å². The first-order valence-corrected chi connectivity index (χ1v) is 5.03. The molecule has 0 radical (unpaired) electrons. The number of nitrogens with zero attached hydrogens (tertiary/aromatic N) is 1. The van der Waals surface area contributed by atoms with Gasteiger partial charge in [-0.05, 0) is 17.7 Å². The normalized spacial score (nSPS) is 10.4. The average molecular weight is 207 g/mol. The molecule has 0 unspecified atom stereocenters. The molecule has 1 N–H and O–H groups in total. The third kappa shape index (κ3) is 3.27. The van der Waals surface area contributed by atoms with Crippen molar-refractivity contribution in [2.75, 3.05) is 7.05 Å². The molecule has 82 valence electrons. The first-order chi connectivity index (χ1) is 7.00. The van der Waals surface area contributed by atoms with Crippen LogP contribution in [0.4, 0.5) is 0 Å². The van der Waals surface area contributed by atoms with E-state index in [2.05, 4.69) is 0 Å². The van der Waals surface area contributed by atoms with Gasteiger partial charge < -0.3 is 10.0 Å². The number of phenolic OH excluding ortho intramolecular Hbond substituents is 1. The number of carbonyl (C=O) groups is 1. The highest BCUT2D eigenvalue weighted by atomic mass is 16.3. The molecule has 0 saturated carbocycles. The highest BCUT2D eigenvalue weighted by molar-refractivity contribution is 5.77. The highest BCUT2D eigenvalue weighted by Crippen LogP contribution is 2.13. The van der Waals surface area contributed by atoms with E-state index >= 15 is 0 Å². The van der Waals surface area contributed by atoms with Gasteiger partial charge in [-0.25, -0.2) is 0 Å². The second-order valence-electron chi connectivity index (χ2n) is 4.02. The van der Waals surface area contributed by atoms with Gasteiger partial charge in [-0.3, -0.25) is 4.79 Å². The van der Waals surface area contributed by atoms with Gasteiger partial charge in [0.25, 0.3) is 0 Å². The summed E-state index contributed by atoms with van der Waals surface area (Å²) >= 11 is 0. The number of amides is 1. The Hall–Kier alpha value is -1.51. The van der Waals surface area contributed by atoms with E-state index < -0.39 is 0 Å². The lowest BCUT2D eigenvalue weighted by Gasteiger charge is -2.19. The predicted octanol–water partition coefficient (Wildman–Crippen LogP) is 2.01. The zero-order valence-electron chi connectivity index (χ0n) is 9.40. The molecule has 0 aromatic heterocycles. The fourth-order valence-electron chi connectivity index (χ4n) is 1.45. The van der Waals surface area contributed by atoms with Crippen LogP contribution in [0.5, 0.6) is 5.75 Å². The van der Waals surface area contributed by atoms with Crippen molar-refractivity contribution < 1.29 is 9.90 Å². The molecule has 0 heterocycles. The summed E-state index contributed by atoms with van der Waals surface area (Å²) in [5.74, 6) is 0.351. The van der Waals surface area contributed by atoms with Crippen molar-refractivity contribution in [2.45, 2.75) is 20.4 Å². The maximum absolute atomic E-state index is 11.6. The summed E-state index contributed by atoms with van der Waals surface area (Å²) in [5, 5.41) is 9.27. The Labute approximate surface area is 90.3 Å². The third-order valence-electron chi connectivity index (χ3n) is 2.20. The molecule has 0 atom stereocenters. The minimum Gasteiger partial charge on any atom is -0.508 e. The second-order valence-corrected chi connectivity index (χ2v) is 4.02. The summed E-state index contributed by atoms with van der Waals surface area (Å²) in [6, 6.07) is 6.96. The first kappa shape index (κ1) is 11.6. The van der Waals surface area contributed by atoms with E-state index in [-0.39, 0.29) is 17.6 Å². The number of carbonyl (C=O) groups excluding carboxylic acids is 1. The van der Waals surface area contributed by atoms with Crippen molar-refractivity contribution in [1.82, 2.24) is 4.90 Å². The Balaban J connectivity index is 2.66. The maximum atomic E-state index is 11.6. The minimum absolute atomic E-state index is 0.00677. The molecule has 3 heteroatoms. The van der Waals surface area contributed by atoms with Crippen LogP contribution >= 0.6 is 0 Å². The van der Waals surface area contributed by atoms with Gasteiger partial charge in [-0.2, -0.15) is 0 Å². The molecule has 1 aromatic rings. The number of hydrogen-bond acceptors (Lipinski definition) is 2. The molecule has 1 aromatic carbocycles. The summed E-state index contributed by atoms with van der Waals surface area (Å²) in [6.07, 6.45) is 0. The Bertz CT molecular complexity index is 347. The van der Waals surface area contributed by atoms with Gasteiger partial charge in [0.2, 0.25) is 5.91 Å². The van der Waals surface area contributed by atoms with Crippen molar-refractivity contribution in [2.24, 2.45) is 5.92 Å². The standard InChI is InChI=1S/C12H17NO2/c1-9(2)12(15)13(3)8-10-5-4-6-11(14)7-10/h4-7,9,14H,8H2,1-3H3. The van der Waals surface area contributed by atoms with Gasteiger partial charge in [0.1, 0.15) is 5.75 Å². The van der Waals surface area contributed by atoms with Crippen LogP contribution in [0.2, 0.25) is 0 Å². The molecule has 3 nitrogen and oxygen atoms in total. The molecular weight excluding hydrogens is 190 g/mol. The van der Waals surface area contributed by atoms with Gasteiger partial charge in [0.15, 0.2) is 0 Å². The molecule has 0 bridgehead atoms. The van der Waals surface area contributed by atoms with Crippen molar-refractivity contribution in [1.29, 1.82) is 0 Å². The number of rotatable bonds is 3. The van der Waals surface area contributed by atoms with E-state index in [0.717, 1.165) is 5.56 Å². The predicted molar refractivity (Wildman–Crippen MR) is 59.4 cm³/mol. The zero-order chi connectivity index (χ0) is 11.4. The smallest absolute Gasteiger partial charge is 0.225 e. The Kier molecular flexibility index (Phi) is 3.72. The number of phenols is 1. The van der Waals surface area contributed by atoms with Crippen LogP contribution < -0.4 is 0 Å². The summed E-state index contributed by atoms with van der Waals surface area (Å²) in [5.41, 5.74) is 0.937. The Morgan fingerprint density at radius 1 is 1.47 bits per heavy atom. The van der Waals surface area contributed by atoms with Crippen LogP contribution in [-0.2, 0) is 11.3 Å². The van der Waals surface area contributed by atoms with E-state index in [4.69, 9.17) is 0 Å². The molecule has 0 aliphatic heterocycles. The number of aromatic hydroxyl groups is 1. The van der Waals surface area contributed by atoms with Gasteiger partial charge in [0, 0.05) is 19.5 Å². The van der Waals surface area contributed by atoms with Crippen molar-refractivity contribution in [3.63, 3.8) is 0 Å². The summed E-state index contributed by atoms with van der Waals surface area (Å²) < 4.78 is 0. The molecule has 1 amide bonds. The van der Waals surface area contributed by atoms with E-state index in [9.17, 15) is 9.90 Å². The topological polar surface area (TPSA) is 40.5 Å². The Morgan fingerprint density at radius 3 is 2.67 bits per heavy atom. The molecular formula is C12H17NO2. The molecule has 0 saturated heterocycles. The minimum atomic E-state index is 0.00677. The first-order valence-electron chi connectivity index (χ1n) is 5.03. The molecule has 0 aliphatic carbocycles. The lowest BCUT2D eigenvalue weighted by atomic mass is 10.1. The quantitative estimate of drug-likeness (QED) is 0.823. The maximum Gasteiger partial charge on any atom is 0.225 e. The lowest BCUT2D eigenvalue weighted by molar-refractivity contribution is -0.133. The number of benzene rings is 1. The van der Waals surface area contributed by atoms with E-state index in [1.54, 1.807) is 30.1 Å². The molecule has 0 aliphatic rings. The van der Waals surface area contributed by atoms with Crippen LogP contribution in [0.1, 0.15) is 19.4 Å². The zero-order valence-corrected chi connectivity index (χ0v) is 9.40. The van der Waals surface area contributed by atoms with Gasteiger partial charge >= 0.3 is 0 Å². The highest BCUT2D eigenvalue weighted by Gasteiger charge is 2.12.